The Kier molecular flexibility index (Phi) is 3.79. The molecule has 1 aliphatic rings. The highest BCUT2D eigenvalue weighted by atomic mass is 32.2. The van der Waals surface area contributed by atoms with Crippen molar-refractivity contribution in [3.05, 3.63) is 45.9 Å². The first-order chi connectivity index (χ1) is 11.6. The van der Waals surface area contributed by atoms with Crippen molar-refractivity contribution < 1.29 is 13.2 Å². The molecule has 2 heterocycles. The van der Waals surface area contributed by atoms with Crippen LogP contribution in [-0.2, 0) is 17.3 Å². The zero-order valence-corrected chi connectivity index (χ0v) is 15.0. The van der Waals surface area contributed by atoms with Gasteiger partial charge in [0.1, 0.15) is 5.69 Å². The summed E-state index contributed by atoms with van der Waals surface area (Å²) in [5.74, 6) is -0.490. The molecule has 0 unspecified atom stereocenters. The summed E-state index contributed by atoms with van der Waals surface area (Å²) in [6, 6.07) is 5.89. The Balaban J connectivity index is 1.97. The number of benzene rings is 1. The Hall–Kier alpha value is -2.88. The summed E-state index contributed by atoms with van der Waals surface area (Å²) < 4.78 is 27.8. The molecule has 0 saturated carbocycles. The molecule has 1 aromatic heterocycles. The summed E-state index contributed by atoms with van der Waals surface area (Å²) in [4.78, 5) is 23.7. The number of hydrogen-bond donors (Lipinski definition) is 1. The fourth-order valence-electron chi connectivity index (χ4n) is 2.56. The van der Waals surface area contributed by atoms with E-state index in [1.165, 1.54) is 37.6 Å². The maximum atomic E-state index is 12.4. The number of hydrogen-bond acceptors (Lipinski definition) is 5. The van der Waals surface area contributed by atoms with Gasteiger partial charge in [0, 0.05) is 32.9 Å². The number of anilines is 3. The summed E-state index contributed by atoms with van der Waals surface area (Å²) in [6.07, 6.45) is 0. The van der Waals surface area contributed by atoms with E-state index in [9.17, 15) is 18.0 Å². The quantitative estimate of drug-likeness (QED) is 0.835. The lowest BCUT2D eigenvalue weighted by Gasteiger charge is -2.13. The van der Waals surface area contributed by atoms with E-state index in [1.807, 2.05) is 0 Å². The van der Waals surface area contributed by atoms with Crippen molar-refractivity contribution in [3.8, 4) is 0 Å². The molecular weight excluding hydrogens is 346 g/mol. The predicted octanol–water partition coefficient (Wildman–Crippen LogP) is 0.472. The van der Waals surface area contributed by atoms with Crippen molar-refractivity contribution in [1.29, 1.82) is 0 Å². The lowest BCUT2D eigenvalue weighted by molar-refractivity contribution is 0.102. The van der Waals surface area contributed by atoms with Crippen LogP contribution in [-0.4, -0.2) is 38.2 Å². The van der Waals surface area contributed by atoms with Crippen LogP contribution in [0.2, 0.25) is 0 Å². The smallest absolute Gasteiger partial charge is 0.320 e. The van der Waals surface area contributed by atoms with Crippen molar-refractivity contribution in [1.82, 2.24) is 9.78 Å². The summed E-state index contributed by atoms with van der Waals surface area (Å²) in [5, 5.41) is 6.61. The van der Waals surface area contributed by atoms with E-state index in [1.54, 1.807) is 19.1 Å². The lowest BCUT2D eigenvalue weighted by atomic mass is 10.1. The molecule has 3 rings (SSSR count). The number of aryl methyl sites for hydroxylation is 2. The molecule has 0 bridgehead atoms. The Bertz CT molecular complexity index is 1040. The third-order valence-electron chi connectivity index (χ3n) is 4.13. The first kappa shape index (κ1) is 17.0. The predicted molar refractivity (Wildman–Crippen MR) is 94.3 cm³/mol. The van der Waals surface area contributed by atoms with Crippen LogP contribution in [0.3, 0.4) is 0 Å². The van der Waals surface area contributed by atoms with Crippen LogP contribution in [0.4, 0.5) is 17.1 Å². The van der Waals surface area contributed by atoms with Crippen molar-refractivity contribution in [2.75, 3.05) is 28.0 Å². The highest BCUT2D eigenvalue weighted by molar-refractivity contribution is 7.94. The molecule has 0 fully saturated rings. The molecule has 1 amide bonds. The number of aromatic nitrogens is 2. The average Bonchev–Trinajstić information content (AvgIpc) is 2.71. The van der Waals surface area contributed by atoms with E-state index in [0.717, 1.165) is 8.99 Å². The van der Waals surface area contributed by atoms with Crippen LogP contribution in [0.5, 0.6) is 0 Å². The van der Waals surface area contributed by atoms with Gasteiger partial charge in [-0.25, -0.2) is 4.68 Å². The number of rotatable bonds is 2. The zero-order chi connectivity index (χ0) is 18.5. The molecule has 1 N–H and O–H groups in total. The van der Waals surface area contributed by atoms with Gasteiger partial charge in [-0.3, -0.25) is 18.2 Å². The van der Waals surface area contributed by atoms with E-state index in [4.69, 9.17) is 0 Å². The summed E-state index contributed by atoms with van der Waals surface area (Å²) in [7, 11) is 0.797. The number of nitrogens with one attached hydrogen (secondary N) is 1. The summed E-state index contributed by atoms with van der Waals surface area (Å²) in [5.41, 5.74) is 1.95. The van der Waals surface area contributed by atoms with Crippen LogP contribution in [0.15, 0.2) is 29.1 Å². The van der Waals surface area contributed by atoms with E-state index in [-0.39, 0.29) is 11.3 Å². The molecule has 0 aliphatic carbocycles. The minimum atomic E-state index is -3.58. The van der Waals surface area contributed by atoms with Gasteiger partial charge in [-0.1, -0.05) is 0 Å². The average molecular weight is 363 g/mol. The second-order valence-electron chi connectivity index (χ2n) is 5.73. The molecule has 2 aromatic rings. The number of carbonyl (C=O) groups is 1. The molecule has 1 aromatic carbocycles. The molecule has 132 valence electrons. The van der Waals surface area contributed by atoms with Gasteiger partial charge in [0.15, 0.2) is 0 Å². The van der Waals surface area contributed by atoms with E-state index in [2.05, 4.69) is 10.4 Å². The number of fused-ring (bicyclic) bond motifs is 1. The van der Waals surface area contributed by atoms with Gasteiger partial charge >= 0.3 is 10.2 Å². The van der Waals surface area contributed by atoms with Gasteiger partial charge in [-0.2, -0.15) is 13.5 Å². The highest BCUT2D eigenvalue weighted by Crippen LogP contribution is 2.41. The number of carbonyl (C=O) groups excluding carboxylic acids is 1. The van der Waals surface area contributed by atoms with Gasteiger partial charge in [0.2, 0.25) is 0 Å². The van der Waals surface area contributed by atoms with E-state index < -0.39 is 16.1 Å². The fraction of sp³-hybridized carbons (Fsp3) is 0.267. The number of amides is 1. The molecule has 0 spiro atoms. The Morgan fingerprint density at radius 3 is 2.28 bits per heavy atom. The van der Waals surface area contributed by atoms with Crippen molar-refractivity contribution in [3.63, 3.8) is 0 Å². The Labute approximate surface area is 144 Å². The van der Waals surface area contributed by atoms with Gasteiger partial charge in [-0.15, -0.1) is 0 Å². The van der Waals surface area contributed by atoms with Crippen LogP contribution < -0.4 is 19.5 Å². The monoisotopic (exact) mass is 363 g/mol. The molecule has 25 heavy (non-hydrogen) atoms. The standard InChI is InChI=1S/C15H17N5O4S/c1-9-7-12-13(20(4)25(23,24)19(12)3)8-11(9)16-15(22)10-5-6-14(21)18(2)17-10/h5-8H,1-4H3,(H,16,22). The SMILES string of the molecule is Cc1cc2c(cc1NC(=O)c1ccc(=O)n(C)n1)N(C)S(=O)(=O)N2C. The fourth-order valence-corrected chi connectivity index (χ4v) is 3.72. The maximum absolute atomic E-state index is 12.4. The van der Waals surface area contributed by atoms with Gasteiger partial charge < -0.3 is 5.32 Å². The van der Waals surface area contributed by atoms with Crippen LogP contribution in [0.1, 0.15) is 16.1 Å². The minimum absolute atomic E-state index is 0.0834. The lowest BCUT2D eigenvalue weighted by Crippen LogP contribution is -2.32. The maximum Gasteiger partial charge on any atom is 0.326 e. The van der Waals surface area contributed by atoms with Gasteiger partial charge in [-0.05, 0) is 30.7 Å². The van der Waals surface area contributed by atoms with Gasteiger partial charge in [0.25, 0.3) is 11.5 Å². The normalized spacial score (nSPS) is 15.2. The zero-order valence-electron chi connectivity index (χ0n) is 14.1. The van der Waals surface area contributed by atoms with Crippen molar-refractivity contribution in [2.45, 2.75) is 6.92 Å². The second-order valence-corrected chi connectivity index (χ2v) is 7.72. The first-order valence-electron chi connectivity index (χ1n) is 7.36. The van der Waals surface area contributed by atoms with Crippen LogP contribution >= 0.6 is 0 Å². The van der Waals surface area contributed by atoms with Crippen molar-refractivity contribution >= 4 is 33.2 Å². The Morgan fingerprint density at radius 1 is 1.08 bits per heavy atom. The summed E-state index contributed by atoms with van der Waals surface area (Å²) in [6.45, 7) is 1.77. The van der Waals surface area contributed by atoms with Crippen molar-refractivity contribution in [2.24, 2.45) is 7.05 Å². The van der Waals surface area contributed by atoms with E-state index in [0.29, 0.717) is 22.6 Å². The van der Waals surface area contributed by atoms with Crippen LogP contribution in [0.25, 0.3) is 0 Å². The van der Waals surface area contributed by atoms with Gasteiger partial charge in [0.05, 0.1) is 11.4 Å². The molecule has 1 aliphatic heterocycles. The number of nitrogens with zero attached hydrogens (tertiary/aromatic N) is 4. The molecule has 0 saturated heterocycles. The first-order valence-corrected chi connectivity index (χ1v) is 8.76. The third kappa shape index (κ3) is 2.64. The van der Waals surface area contributed by atoms with E-state index >= 15 is 0 Å². The second kappa shape index (κ2) is 5.59. The molecular formula is C15H17N5O4S. The molecule has 10 heteroatoms. The Morgan fingerprint density at radius 2 is 1.68 bits per heavy atom. The largest absolute Gasteiger partial charge is 0.326 e. The molecule has 9 nitrogen and oxygen atoms in total. The minimum Gasteiger partial charge on any atom is -0.320 e. The summed E-state index contributed by atoms with van der Waals surface area (Å²) >= 11 is 0. The molecule has 0 radical (unpaired) electrons. The topological polar surface area (TPSA) is 105 Å². The molecule has 0 atom stereocenters. The van der Waals surface area contributed by atoms with Crippen LogP contribution in [0, 0.1) is 6.92 Å². The highest BCUT2D eigenvalue weighted by Gasteiger charge is 2.36. The third-order valence-corrected chi connectivity index (χ3v) is 5.91.